The van der Waals surface area contributed by atoms with Crippen LogP contribution in [-0.4, -0.2) is 38.0 Å². The topological polar surface area (TPSA) is 97.1 Å². The van der Waals surface area contributed by atoms with Gasteiger partial charge in [-0.25, -0.2) is 9.48 Å². The summed E-state index contributed by atoms with van der Waals surface area (Å²) in [6.07, 6.45) is 5.81. The minimum Gasteiger partial charge on any atom is -0.476 e. The van der Waals surface area contributed by atoms with Crippen LogP contribution in [0.15, 0.2) is 6.20 Å². The van der Waals surface area contributed by atoms with Gasteiger partial charge in [-0.1, -0.05) is 31.9 Å². The minimum absolute atomic E-state index is 0.00616. The molecule has 2 N–H and O–H groups in total. The number of carbonyl (C=O) groups excluding carboxylic acids is 1. The molecule has 7 heteroatoms. The fraction of sp³-hybridized carbons (Fsp3) is 0.714. The van der Waals surface area contributed by atoms with Gasteiger partial charge in [0.1, 0.15) is 0 Å². The molecule has 0 saturated heterocycles. The number of nitrogens with zero attached hydrogens (tertiary/aromatic N) is 3. The molecule has 0 radical (unpaired) electrons. The van der Waals surface area contributed by atoms with E-state index in [1.165, 1.54) is 6.20 Å². The number of carbonyl (C=O) groups is 2. The number of hydrogen-bond donors (Lipinski definition) is 2. The maximum Gasteiger partial charge on any atom is 0.358 e. The van der Waals surface area contributed by atoms with Crippen LogP contribution in [-0.2, 0) is 4.79 Å². The molecule has 116 valence electrons. The van der Waals surface area contributed by atoms with Crippen LogP contribution >= 0.6 is 0 Å². The number of carboxylic acids is 1. The fourth-order valence-electron chi connectivity index (χ4n) is 2.77. The van der Waals surface area contributed by atoms with E-state index in [1.54, 1.807) is 4.68 Å². The second-order valence-corrected chi connectivity index (χ2v) is 6.01. The number of amides is 1. The van der Waals surface area contributed by atoms with Crippen molar-refractivity contribution in [2.45, 2.75) is 58.0 Å². The Morgan fingerprint density at radius 3 is 2.76 bits per heavy atom. The van der Waals surface area contributed by atoms with Gasteiger partial charge in [-0.2, -0.15) is 0 Å². The zero-order valence-electron chi connectivity index (χ0n) is 12.5. The predicted octanol–water partition coefficient (Wildman–Crippen LogP) is 1.62. The maximum atomic E-state index is 12.0. The van der Waals surface area contributed by atoms with E-state index >= 15 is 0 Å². The third kappa shape index (κ3) is 4.03. The predicted molar refractivity (Wildman–Crippen MR) is 75.9 cm³/mol. The van der Waals surface area contributed by atoms with Crippen molar-refractivity contribution in [2.75, 3.05) is 0 Å². The van der Waals surface area contributed by atoms with Gasteiger partial charge in [0.25, 0.3) is 0 Å². The molecule has 1 aromatic heterocycles. The normalized spacial score (nSPS) is 22.2. The molecular formula is C14H22N4O3. The standard InChI is InChI=1S/C14H22N4O3/c1-9(2)7-13(19)15-10-5-3-4-6-12(10)18-8-11(14(20)21)16-17-18/h8-10,12H,3-7H2,1-2H3,(H,15,19)(H,20,21)/t10-,12+/m1/s1. The molecule has 0 aliphatic heterocycles. The third-order valence-electron chi connectivity index (χ3n) is 3.74. The number of nitrogens with one attached hydrogen (secondary N) is 1. The molecule has 1 aliphatic carbocycles. The van der Waals surface area contributed by atoms with Gasteiger partial charge >= 0.3 is 5.97 Å². The molecule has 21 heavy (non-hydrogen) atoms. The van der Waals surface area contributed by atoms with E-state index in [-0.39, 0.29) is 23.7 Å². The van der Waals surface area contributed by atoms with Crippen LogP contribution < -0.4 is 5.32 Å². The summed E-state index contributed by atoms with van der Waals surface area (Å²) in [5.41, 5.74) is -0.0622. The van der Waals surface area contributed by atoms with Crippen molar-refractivity contribution in [1.29, 1.82) is 0 Å². The summed E-state index contributed by atoms with van der Waals surface area (Å²) in [4.78, 5) is 22.9. The number of hydrogen-bond acceptors (Lipinski definition) is 4. The van der Waals surface area contributed by atoms with Gasteiger partial charge in [0.15, 0.2) is 5.69 Å². The lowest BCUT2D eigenvalue weighted by molar-refractivity contribution is -0.123. The van der Waals surface area contributed by atoms with Crippen molar-refractivity contribution in [3.8, 4) is 0 Å². The van der Waals surface area contributed by atoms with Gasteiger partial charge in [0, 0.05) is 6.42 Å². The summed E-state index contributed by atoms with van der Waals surface area (Å²) >= 11 is 0. The smallest absolute Gasteiger partial charge is 0.358 e. The Labute approximate surface area is 123 Å². The van der Waals surface area contributed by atoms with E-state index in [0.29, 0.717) is 12.3 Å². The lowest BCUT2D eigenvalue weighted by Crippen LogP contribution is -2.43. The Morgan fingerprint density at radius 2 is 2.14 bits per heavy atom. The molecule has 0 spiro atoms. The maximum absolute atomic E-state index is 12.0. The molecule has 1 saturated carbocycles. The van der Waals surface area contributed by atoms with Crippen molar-refractivity contribution in [3.05, 3.63) is 11.9 Å². The molecule has 2 rings (SSSR count). The summed E-state index contributed by atoms with van der Waals surface area (Å²) in [6, 6.07) is -0.0243. The third-order valence-corrected chi connectivity index (χ3v) is 3.74. The Bertz CT molecular complexity index is 512. The van der Waals surface area contributed by atoms with E-state index in [2.05, 4.69) is 15.6 Å². The molecule has 0 unspecified atom stereocenters. The Morgan fingerprint density at radius 1 is 1.43 bits per heavy atom. The molecular weight excluding hydrogens is 272 g/mol. The van der Waals surface area contributed by atoms with Crippen molar-refractivity contribution in [2.24, 2.45) is 5.92 Å². The average Bonchev–Trinajstić information content (AvgIpc) is 2.88. The molecule has 1 fully saturated rings. The highest BCUT2D eigenvalue weighted by atomic mass is 16.4. The van der Waals surface area contributed by atoms with Crippen molar-refractivity contribution in [3.63, 3.8) is 0 Å². The van der Waals surface area contributed by atoms with Crippen LogP contribution in [0.5, 0.6) is 0 Å². The molecule has 7 nitrogen and oxygen atoms in total. The molecule has 1 amide bonds. The number of aromatic carboxylic acids is 1. The minimum atomic E-state index is -1.09. The zero-order chi connectivity index (χ0) is 15.4. The summed E-state index contributed by atoms with van der Waals surface area (Å²) in [7, 11) is 0. The second-order valence-electron chi connectivity index (χ2n) is 6.01. The van der Waals surface area contributed by atoms with Gasteiger partial charge < -0.3 is 10.4 Å². The van der Waals surface area contributed by atoms with E-state index < -0.39 is 5.97 Å². The van der Waals surface area contributed by atoms with Gasteiger partial charge in [-0.15, -0.1) is 5.10 Å². The van der Waals surface area contributed by atoms with Gasteiger partial charge in [0.05, 0.1) is 18.3 Å². The number of aromatic nitrogens is 3. The first-order valence-corrected chi connectivity index (χ1v) is 7.42. The monoisotopic (exact) mass is 294 g/mol. The summed E-state index contributed by atoms with van der Waals surface area (Å²) in [5.74, 6) is -0.727. The Hall–Kier alpha value is -1.92. The quantitative estimate of drug-likeness (QED) is 0.860. The van der Waals surface area contributed by atoms with Gasteiger partial charge in [0.2, 0.25) is 5.91 Å². The van der Waals surface area contributed by atoms with Crippen LogP contribution in [0.25, 0.3) is 0 Å². The molecule has 1 aliphatic rings. The van der Waals surface area contributed by atoms with Gasteiger partial charge in [-0.3, -0.25) is 4.79 Å². The lowest BCUT2D eigenvalue weighted by atomic mass is 9.90. The number of carboxylic acid groups (broad SMARTS) is 1. The highest BCUT2D eigenvalue weighted by Crippen LogP contribution is 2.28. The van der Waals surface area contributed by atoms with Crippen LogP contribution in [0.3, 0.4) is 0 Å². The van der Waals surface area contributed by atoms with Crippen LogP contribution in [0.1, 0.15) is 62.5 Å². The number of rotatable bonds is 5. The summed E-state index contributed by atoms with van der Waals surface area (Å²) in [5, 5.41) is 19.6. The van der Waals surface area contributed by atoms with E-state index in [1.807, 2.05) is 13.8 Å². The SMILES string of the molecule is CC(C)CC(=O)N[C@@H]1CCCC[C@@H]1n1cc(C(=O)O)nn1. The first-order valence-electron chi connectivity index (χ1n) is 7.42. The fourth-order valence-corrected chi connectivity index (χ4v) is 2.77. The zero-order valence-corrected chi connectivity index (χ0v) is 12.5. The van der Waals surface area contributed by atoms with Crippen molar-refractivity contribution >= 4 is 11.9 Å². The van der Waals surface area contributed by atoms with E-state index in [9.17, 15) is 9.59 Å². The summed E-state index contributed by atoms with van der Waals surface area (Å²) < 4.78 is 1.59. The van der Waals surface area contributed by atoms with E-state index in [4.69, 9.17) is 5.11 Å². The molecule has 1 aromatic rings. The van der Waals surface area contributed by atoms with Crippen LogP contribution in [0.4, 0.5) is 0 Å². The first kappa shape index (κ1) is 15.5. The van der Waals surface area contributed by atoms with Crippen LogP contribution in [0, 0.1) is 5.92 Å². The molecule has 2 atom stereocenters. The van der Waals surface area contributed by atoms with Crippen molar-refractivity contribution in [1.82, 2.24) is 20.3 Å². The average molecular weight is 294 g/mol. The molecule has 1 heterocycles. The second kappa shape index (κ2) is 6.69. The van der Waals surface area contributed by atoms with Gasteiger partial charge in [-0.05, 0) is 18.8 Å². The largest absolute Gasteiger partial charge is 0.476 e. The highest BCUT2D eigenvalue weighted by Gasteiger charge is 2.29. The van der Waals surface area contributed by atoms with Crippen LogP contribution in [0.2, 0.25) is 0 Å². The molecule has 0 aromatic carbocycles. The van der Waals surface area contributed by atoms with Crippen molar-refractivity contribution < 1.29 is 14.7 Å². The molecule has 0 bridgehead atoms. The van der Waals surface area contributed by atoms with E-state index in [0.717, 1.165) is 25.7 Å². The highest BCUT2D eigenvalue weighted by molar-refractivity contribution is 5.84. The summed E-state index contributed by atoms with van der Waals surface area (Å²) in [6.45, 7) is 4.02. The Kier molecular flexibility index (Phi) is 4.93. The lowest BCUT2D eigenvalue weighted by Gasteiger charge is -2.32. The Balaban J connectivity index is 2.07. The first-order chi connectivity index (χ1) is 9.97.